The largest absolute Gasteiger partial charge is 0.308 e. The second-order valence-corrected chi connectivity index (χ2v) is 21.4. The summed E-state index contributed by atoms with van der Waals surface area (Å²) < 4.78 is 2.51. The number of nitriles is 2. The predicted octanol–water partition coefficient (Wildman–Crippen LogP) is 16.1. The molecule has 11 aromatic carbocycles. The van der Waals surface area contributed by atoms with Crippen LogP contribution in [0.25, 0.3) is 60.0 Å². The quantitative estimate of drug-likeness (QED) is 0.173. The summed E-state index contributed by atoms with van der Waals surface area (Å²) in [7, 11) is 0. The van der Waals surface area contributed by atoms with Crippen LogP contribution in [0.4, 0.5) is 0 Å². The molecule has 0 atom stereocenters. The fourth-order valence-electron chi connectivity index (χ4n) is 16.2. The van der Waals surface area contributed by atoms with Crippen molar-refractivity contribution in [2.45, 2.75) is 29.1 Å². The highest BCUT2D eigenvalue weighted by atomic mass is 14.9. The summed E-state index contributed by atoms with van der Waals surface area (Å²) in [4.78, 5) is 0. The molecule has 3 heteroatoms. The van der Waals surface area contributed by atoms with Gasteiger partial charge in [-0.2, -0.15) is 10.5 Å². The molecule has 338 valence electrons. The predicted molar refractivity (Wildman–Crippen MR) is 295 cm³/mol. The third-order valence-corrected chi connectivity index (χ3v) is 18.6. The number of nitrogens with zero attached hydrogens (tertiary/aromatic N) is 3. The van der Waals surface area contributed by atoms with E-state index in [0.29, 0.717) is 11.1 Å². The first-order chi connectivity index (χ1) is 36.7. The highest BCUT2D eigenvalue weighted by Gasteiger charge is 2.52. The Hall–Kier alpha value is -9.54. The Morgan fingerprint density at radius 3 is 1.28 bits per heavy atom. The number of hydrogen-bond donors (Lipinski definition) is 0. The van der Waals surface area contributed by atoms with E-state index in [1.165, 1.54) is 121 Å². The molecule has 0 fully saturated rings. The maximum Gasteiger partial charge on any atom is 0.0995 e. The van der Waals surface area contributed by atoms with Gasteiger partial charge in [-0.25, -0.2) is 0 Å². The number of aromatic nitrogens is 1. The number of hydrogen-bond acceptors (Lipinski definition) is 2. The zero-order chi connectivity index (χ0) is 48.3. The number of fused-ring (bicyclic) bond motifs is 12. The molecular weight excluding hydrogens is 895 g/mol. The van der Waals surface area contributed by atoms with Crippen LogP contribution in [0.5, 0.6) is 0 Å². The van der Waals surface area contributed by atoms with E-state index in [9.17, 15) is 10.5 Å². The first-order valence-electron chi connectivity index (χ1n) is 25.9. The van der Waals surface area contributed by atoms with Crippen molar-refractivity contribution in [3.05, 3.63) is 312 Å². The molecule has 4 bridgehead atoms. The van der Waals surface area contributed by atoms with Gasteiger partial charge in [0.2, 0.25) is 0 Å². The van der Waals surface area contributed by atoms with Crippen molar-refractivity contribution in [1.29, 1.82) is 10.5 Å². The summed E-state index contributed by atoms with van der Waals surface area (Å²) in [5, 5.41) is 30.5. The molecule has 7 aliphatic carbocycles. The molecule has 0 radical (unpaired) electrons. The SMILES string of the molecule is N#Cc1cc2c(c3c1C1c4ccccc4C3c3ccccc31)c1cc3c(c4c5c6c(c(C#N)cc5n2c14)C1c2ccccc2C6c2ccccc21)C(c1ccccc1)(c1ccccc1)c1ccc2ccccc2c1-3. The van der Waals surface area contributed by atoms with Crippen molar-refractivity contribution in [3.63, 3.8) is 0 Å². The summed E-state index contributed by atoms with van der Waals surface area (Å²) in [6.45, 7) is 0. The van der Waals surface area contributed by atoms with Gasteiger partial charge in [0.25, 0.3) is 0 Å². The normalized spacial score (nSPS) is 18.4. The number of rotatable bonds is 2. The molecule has 0 amide bonds. The topological polar surface area (TPSA) is 52.0 Å². The third-order valence-electron chi connectivity index (χ3n) is 18.6. The van der Waals surface area contributed by atoms with Gasteiger partial charge in [0.1, 0.15) is 0 Å². The lowest BCUT2D eigenvalue weighted by atomic mass is 9.59. The van der Waals surface area contributed by atoms with Crippen molar-refractivity contribution in [1.82, 2.24) is 4.40 Å². The monoisotopic (exact) mass is 933 g/mol. The minimum absolute atomic E-state index is 0.0735. The molecule has 2 aromatic heterocycles. The summed E-state index contributed by atoms with van der Waals surface area (Å²) in [6.07, 6.45) is 0. The zero-order valence-corrected chi connectivity index (χ0v) is 39.9. The van der Waals surface area contributed by atoms with E-state index >= 15 is 0 Å². The molecular formula is C71H39N3. The fourth-order valence-corrected chi connectivity index (χ4v) is 16.2. The van der Waals surface area contributed by atoms with E-state index in [0.717, 1.165) is 27.7 Å². The van der Waals surface area contributed by atoms with E-state index < -0.39 is 5.41 Å². The first-order valence-corrected chi connectivity index (χ1v) is 25.9. The molecule has 3 nitrogen and oxygen atoms in total. The van der Waals surface area contributed by atoms with Crippen molar-refractivity contribution in [2.75, 3.05) is 0 Å². The lowest BCUT2D eigenvalue weighted by molar-refractivity contribution is 0.758. The summed E-state index contributed by atoms with van der Waals surface area (Å²) in [6, 6.07) is 84.7. The molecule has 0 N–H and O–H groups in total. The summed E-state index contributed by atoms with van der Waals surface area (Å²) in [5.41, 5.74) is 26.5. The highest BCUT2D eigenvalue weighted by molar-refractivity contribution is 6.30. The van der Waals surface area contributed by atoms with Gasteiger partial charge in [-0.1, -0.05) is 194 Å². The fraction of sp³-hybridized carbons (Fsp3) is 0.0704. The van der Waals surface area contributed by atoms with Crippen molar-refractivity contribution >= 4 is 48.9 Å². The van der Waals surface area contributed by atoms with Gasteiger partial charge in [0.05, 0.1) is 45.2 Å². The molecule has 0 spiro atoms. The smallest absolute Gasteiger partial charge is 0.0995 e. The van der Waals surface area contributed by atoms with E-state index in [1.54, 1.807) is 0 Å². The van der Waals surface area contributed by atoms with Gasteiger partial charge < -0.3 is 4.40 Å². The van der Waals surface area contributed by atoms with E-state index in [2.05, 4.69) is 229 Å². The molecule has 7 aliphatic rings. The molecule has 0 aliphatic heterocycles. The van der Waals surface area contributed by atoms with Crippen LogP contribution in [0.3, 0.4) is 0 Å². The minimum atomic E-state index is -0.748. The summed E-state index contributed by atoms with van der Waals surface area (Å²) in [5.74, 6) is -0.362. The average molecular weight is 934 g/mol. The van der Waals surface area contributed by atoms with Crippen LogP contribution in [0.1, 0.15) is 124 Å². The Morgan fingerprint density at radius 1 is 0.378 bits per heavy atom. The lowest BCUT2D eigenvalue weighted by Gasteiger charge is -2.43. The van der Waals surface area contributed by atoms with Gasteiger partial charge in [-0.05, 0) is 129 Å². The van der Waals surface area contributed by atoms with E-state index in [-0.39, 0.29) is 23.7 Å². The van der Waals surface area contributed by atoms with Crippen molar-refractivity contribution < 1.29 is 0 Å². The van der Waals surface area contributed by atoms with Crippen LogP contribution in [-0.2, 0) is 5.41 Å². The molecule has 0 saturated heterocycles. The van der Waals surface area contributed by atoms with Crippen LogP contribution in [0.2, 0.25) is 0 Å². The van der Waals surface area contributed by atoms with Crippen LogP contribution >= 0.6 is 0 Å². The molecule has 74 heavy (non-hydrogen) atoms. The Balaban J connectivity index is 1.13. The average Bonchev–Trinajstić information content (AvgIpc) is 4.30. The van der Waals surface area contributed by atoms with Gasteiger partial charge in [-0.15, -0.1) is 0 Å². The zero-order valence-electron chi connectivity index (χ0n) is 39.9. The number of benzene rings is 11. The Bertz CT molecular complexity index is 4700. The van der Waals surface area contributed by atoms with Crippen molar-refractivity contribution in [2.24, 2.45) is 0 Å². The van der Waals surface area contributed by atoms with Gasteiger partial charge >= 0.3 is 0 Å². The Labute approximate surface area is 426 Å². The standard InChI is InChI=1S/C71H39N3/c72-36-39-33-55-64(66-57(39)60-44-23-9-13-27-48(44)62(66)49-28-14-10-24-45(49)60)53-35-52-59-43-22-8-7-17-38(43)31-32-54(59)71(41-18-3-1-4-19-41,42-20-5-2-6-21-42)69(52)68-65-56(74(55)70(53)68)34-40(37-73)58-61-46-25-11-15-29-50(46)63(67(58)65)51-30-16-12-26-47(51)61/h1-35,60-63H. The van der Waals surface area contributed by atoms with Crippen LogP contribution in [0.15, 0.2) is 212 Å². The maximum absolute atomic E-state index is 11.7. The molecule has 20 rings (SSSR count). The van der Waals surface area contributed by atoms with E-state index in [1.807, 2.05) is 0 Å². The third kappa shape index (κ3) is 4.29. The van der Waals surface area contributed by atoms with Crippen LogP contribution < -0.4 is 0 Å². The molecule has 0 saturated carbocycles. The second kappa shape index (κ2) is 13.5. The van der Waals surface area contributed by atoms with Crippen LogP contribution in [0, 0.1) is 22.7 Å². The first kappa shape index (κ1) is 39.1. The lowest BCUT2D eigenvalue weighted by Crippen LogP contribution is -2.30. The summed E-state index contributed by atoms with van der Waals surface area (Å²) >= 11 is 0. The Kier molecular flexibility index (Phi) is 7.13. The van der Waals surface area contributed by atoms with Crippen molar-refractivity contribution in [3.8, 4) is 23.3 Å². The van der Waals surface area contributed by atoms with Gasteiger partial charge in [-0.3, -0.25) is 0 Å². The van der Waals surface area contributed by atoms with Gasteiger partial charge in [0, 0.05) is 45.2 Å². The molecule has 0 unspecified atom stereocenters. The highest BCUT2D eigenvalue weighted by Crippen LogP contribution is 2.67. The van der Waals surface area contributed by atoms with Gasteiger partial charge in [0.15, 0.2) is 0 Å². The minimum Gasteiger partial charge on any atom is -0.308 e. The molecule has 13 aromatic rings. The molecule has 2 heterocycles. The maximum atomic E-state index is 11.7. The Morgan fingerprint density at radius 2 is 0.797 bits per heavy atom. The van der Waals surface area contributed by atoms with Crippen LogP contribution in [-0.4, -0.2) is 4.40 Å². The second-order valence-electron chi connectivity index (χ2n) is 21.4. The van der Waals surface area contributed by atoms with E-state index in [4.69, 9.17) is 0 Å².